The Morgan fingerprint density at radius 1 is 1.15 bits per heavy atom. The summed E-state index contributed by atoms with van der Waals surface area (Å²) in [5.41, 5.74) is 2.24. The Labute approximate surface area is 163 Å². The van der Waals surface area contributed by atoms with E-state index in [9.17, 15) is 0 Å². The zero-order chi connectivity index (χ0) is 19.6. The SMILES string of the molecule is [C-]#[N+]C(C)C(CC1C(C)CC(C)CC1C)c1nc(-c2ccc(C)cc2)n[nH]1. The maximum Gasteiger partial charge on any atom is 0.230 e. The van der Waals surface area contributed by atoms with Crippen LogP contribution in [0.4, 0.5) is 0 Å². The van der Waals surface area contributed by atoms with Crippen molar-refractivity contribution in [3.05, 3.63) is 47.1 Å². The Bertz CT molecular complexity index is 773. The summed E-state index contributed by atoms with van der Waals surface area (Å²) in [6.45, 7) is 18.8. The first kappa shape index (κ1) is 19.6. The van der Waals surface area contributed by atoms with Gasteiger partial charge in [0.25, 0.3) is 0 Å². The lowest BCUT2D eigenvalue weighted by Gasteiger charge is -2.39. The maximum absolute atomic E-state index is 7.60. The van der Waals surface area contributed by atoms with Gasteiger partial charge in [0.2, 0.25) is 6.04 Å². The molecule has 1 N–H and O–H groups in total. The Morgan fingerprint density at radius 2 is 1.78 bits per heavy atom. The normalized spacial score (nSPS) is 27.7. The van der Waals surface area contributed by atoms with E-state index >= 15 is 0 Å². The lowest BCUT2D eigenvalue weighted by atomic mass is 9.66. The zero-order valence-corrected chi connectivity index (χ0v) is 17.2. The smallest absolute Gasteiger partial charge is 0.230 e. The van der Waals surface area contributed by atoms with Gasteiger partial charge in [0.05, 0.1) is 5.92 Å². The van der Waals surface area contributed by atoms with Gasteiger partial charge in [-0.2, -0.15) is 5.10 Å². The van der Waals surface area contributed by atoms with Crippen LogP contribution in [-0.4, -0.2) is 21.2 Å². The molecular weight excluding hydrogens is 332 g/mol. The Morgan fingerprint density at radius 3 is 2.37 bits per heavy atom. The lowest BCUT2D eigenvalue weighted by molar-refractivity contribution is 0.118. The highest BCUT2D eigenvalue weighted by molar-refractivity contribution is 5.54. The van der Waals surface area contributed by atoms with Crippen molar-refractivity contribution in [2.45, 2.75) is 65.8 Å². The van der Waals surface area contributed by atoms with E-state index in [4.69, 9.17) is 11.6 Å². The molecule has 1 aliphatic carbocycles. The van der Waals surface area contributed by atoms with Crippen LogP contribution < -0.4 is 0 Å². The van der Waals surface area contributed by atoms with Gasteiger partial charge in [0.15, 0.2) is 5.82 Å². The minimum atomic E-state index is -0.0948. The molecule has 4 heteroatoms. The lowest BCUT2D eigenvalue weighted by Crippen LogP contribution is -2.31. The van der Waals surface area contributed by atoms with Crippen LogP contribution in [0.25, 0.3) is 16.2 Å². The molecule has 0 saturated heterocycles. The number of aromatic amines is 1. The van der Waals surface area contributed by atoms with Gasteiger partial charge in [-0.15, -0.1) is 0 Å². The highest BCUT2D eigenvalue weighted by Crippen LogP contribution is 2.43. The predicted molar refractivity (Wildman–Crippen MR) is 110 cm³/mol. The predicted octanol–water partition coefficient (Wildman–Crippen LogP) is 5.88. The average Bonchev–Trinajstić information content (AvgIpc) is 3.11. The zero-order valence-electron chi connectivity index (χ0n) is 17.2. The van der Waals surface area contributed by atoms with E-state index in [1.807, 2.05) is 6.92 Å². The molecule has 0 bridgehead atoms. The third-order valence-corrected chi connectivity index (χ3v) is 6.49. The molecule has 1 saturated carbocycles. The van der Waals surface area contributed by atoms with Crippen LogP contribution in [0.1, 0.15) is 64.3 Å². The fourth-order valence-electron chi connectivity index (χ4n) is 4.93. The summed E-state index contributed by atoms with van der Waals surface area (Å²) in [6, 6.07) is 8.18. The summed E-state index contributed by atoms with van der Waals surface area (Å²) in [7, 11) is 0. The monoisotopic (exact) mass is 364 g/mol. The van der Waals surface area contributed by atoms with E-state index in [1.54, 1.807) is 0 Å². The molecule has 1 fully saturated rings. The molecule has 4 nitrogen and oxygen atoms in total. The third kappa shape index (κ3) is 4.40. The molecule has 0 spiro atoms. The molecular formula is C23H32N4. The van der Waals surface area contributed by atoms with Crippen LogP contribution >= 0.6 is 0 Å². The van der Waals surface area contributed by atoms with Crippen LogP contribution in [0, 0.1) is 37.2 Å². The van der Waals surface area contributed by atoms with Crippen LogP contribution in [0.3, 0.4) is 0 Å². The van der Waals surface area contributed by atoms with Crippen molar-refractivity contribution < 1.29 is 0 Å². The topological polar surface area (TPSA) is 45.9 Å². The quantitative estimate of drug-likeness (QED) is 0.673. The summed E-state index contributed by atoms with van der Waals surface area (Å²) in [5.74, 6) is 4.55. The Balaban J connectivity index is 1.83. The van der Waals surface area contributed by atoms with Crippen molar-refractivity contribution in [1.29, 1.82) is 0 Å². The second kappa shape index (κ2) is 8.25. The number of aromatic nitrogens is 3. The molecule has 27 heavy (non-hydrogen) atoms. The Hall–Kier alpha value is -2.15. The number of H-pyrrole nitrogens is 1. The standard InChI is InChI=1S/C23H32N4/c1-14-7-9-19(10-8-14)22-25-23(27-26-22)21(18(5)24-6)13-20-16(3)11-15(2)12-17(20)4/h7-10,15-18,20-21H,11-13H2,1-5H3,(H,25,26,27). The summed E-state index contributed by atoms with van der Waals surface area (Å²) < 4.78 is 0. The van der Waals surface area contributed by atoms with E-state index in [-0.39, 0.29) is 12.0 Å². The van der Waals surface area contributed by atoms with Gasteiger partial charge < -0.3 is 4.85 Å². The van der Waals surface area contributed by atoms with Crippen molar-refractivity contribution in [3.8, 4) is 11.4 Å². The molecule has 144 valence electrons. The van der Waals surface area contributed by atoms with Crippen molar-refractivity contribution in [2.75, 3.05) is 0 Å². The number of rotatable bonds is 5. The molecule has 3 rings (SSSR count). The van der Waals surface area contributed by atoms with Gasteiger partial charge in [-0.3, -0.25) is 5.10 Å². The number of hydrogen-bond acceptors (Lipinski definition) is 2. The molecule has 2 aromatic rings. The molecule has 0 aliphatic heterocycles. The number of nitrogens with one attached hydrogen (secondary N) is 1. The molecule has 0 amide bonds. The van der Waals surface area contributed by atoms with Crippen molar-refractivity contribution >= 4 is 0 Å². The summed E-state index contributed by atoms with van der Waals surface area (Å²) in [4.78, 5) is 8.65. The molecule has 1 aromatic heterocycles. The van der Waals surface area contributed by atoms with Crippen LogP contribution in [-0.2, 0) is 0 Å². The third-order valence-electron chi connectivity index (χ3n) is 6.49. The van der Waals surface area contributed by atoms with E-state index < -0.39 is 0 Å². The highest BCUT2D eigenvalue weighted by Gasteiger charge is 2.37. The second-order valence-electron chi connectivity index (χ2n) is 8.82. The van der Waals surface area contributed by atoms with Gasteiger partial charge >= 0.3 is 0 Å². The van der Waals surface area contributed by atoms with Crippen molar-refractivity contribution in [2.24, 2.45) is 23.7 Å². The maximum atomic E-state index is 7.60. The van der Waals surface area contributed by atoms with Gasteiger partial charge in [0.1, 0.15) is 5.82 Å². The first-order valence-corrected chi connectivity index (χ1v) is 10.2. The minimum absolute atomic E-state index is 0.0948. The number of aryl methyl sites for hydroxylation is 1. The number of hydrogen-bond donors (Lipinski definition) is 1. The van der Waals surface area contributed by atoms with E-state index in [1.165, 1.54) is 18.4 Å². The van der Waals surface area contributed by atoms with Crippen molar-refractivity contribution in [3.63, 3.8) is 0 Å². The number of nitrogens with zero attached hydrogens (tertiary/aromatic N) is 3. The molecule has 1 heterocycles. The highest BCUT2D eigenvalue weighted by atomic mass is 15.2. The number of benzene rings is 1. The second-order valence-corrected chi connectivity index (χ2v) is 8.82. The van der Waals surface area contributed by atoms with Gasteiger partial charge in [-0.1, -0.05) is 50.6 Å². The van der Waals surface area contributed by atoms with E-state index in [2.05, 4.69) is 67.0 Å². The van der Waals surface area contributed by atoms with Crippen molar-refractivity contribution in [1.82, 2.24) is 15.2 Å². The summed E-state index contributed by atoms with van der Waals surface area (Å²) in [6.07, 6.45) is 3.60. The average molecular weight is 365 g/mol. The fraction of sp³-hybridized carbons (Fsp3) is 0.609. The van der Waals surface area contributed by atoms with Crippen LogP contribution in [0.15, 0.2) is 24.3 Å². The summed E-state index contributed by atoms with van der Waals surface area (Å²) in [5, 5.41) is 7.62. The van der Waals surface area contributed by atoms with Gasteiger partial charge in [0, 0.05) is 12.5 Å². The molecule has 4 atom stereocenters. The molecule has 0 radical (unpaired) electrons. The first-order chi connectivity index (χ1) is 12.9. The molecule has 4 unspecified atom stereocenters. The molecule has 1 aliphatic rings. The van der Waals surface area contributed by atoms with E-state index in [0.717, 1.165) is 29.6 Å². The van der Waals surface area contributed by atoms with Crippen LogP contribution in [0.2, 0.25) is 0 Å². The minimum Gasteiger partial charge on any atom is -0.313 e. The Kier molecular flexibility index (Phi) is 5.99. The fourth-order valence-corrected chi connectivity index (χ4v) is 4.93. The first-order valence-electron chi connectivity index (χ1n) is 10.2. The van der Waals surface area contributed by atoms with Gasteiger partial charge in [-0.25, -0.2) is 11.6 Å². The largest absolute Gasteiger partial charge is 0.313 e. The van der Waals surface area contributed by atoms with E-state index in [0.29, 0.717) is 17.8 Å². The van der Waals surface area contributed by atoms with Gasteiger partial charge in [-0.05, 0) is 49.9 Å². The summed E-state index contributed by atoms with van der Waals surface area (Å²) >= 11 is 0. The molecule has 1 aromatic carbocycles. The van der Waals surface area contributed by atoms with Crippen LogP contribution in [0.5, 0.6) is 0 Å².